The molecule has 5 N–H and O–H groups in total. The van der Waals surface area contributed by atoms with Gasteiger partial charge in [0.2, 0.25) is 23.2 Å². The molecule has 20 nitrogen and oxygen atoms in total. The Labute approximate surface area is 291 Å². The second-order valence-electron chi connectivity index (χ2n) is 12.4. The number of urea groups is 2. The molecule has 1 aromatic heterocycles. The van der Waals surface area contributed by atoms with Crippen molar-refractivity contribution in [2.24, 2.45) is 5.10 Å². The van der Waals surface area contributed by atoms with E-state index in [1.165, 1.54) is 5.38 Å². The molecule has 2 bridgehead atoms. The van der Waals surface area contributed by atoms with Gasteiger partial charge in [-0.3, -0.25) is 20.2 Å². The van der Waals surface area contributed by atoms with Gasteiger partial charge in [-0.05, 0) is 26.8 Å². The highest BCUT2D eigenvalue weighted by atomic mass is 32.2. The zero-order chi connectivity index (χ0) is 36.2. The van der Waals surface area contributed by atoms with Crippen molar-refractivity contribution in [1.82, 2.24) is 31.0 Å². The quantitative estimate of drug-likeness (QED) is 0.144. The summed E-state index contributed by atoms with van der Waals surface area (Å²) in [6.07, 6.45) is 2.42. The van der Waals surface area contributed by atoms with Crippen LogP contribution in [-0.4, -0.2) is 122 Å². The molecule has 3 saturated heterocycles. The van der Waals surface area contributed by atoms with Gasteiger partial charge in [-0.2, -0.15) is 5.43 Å². The Morgan fingerprint density at radius 2 is 2.00 bits per heavy atom. The van der Waals surface area contributed by atoms with Crippen LogP contribution in [-0.2, 0) is 38.3 Å². The molecule has 22 heteroatoms. The van der Waals surface area contributed by atoms with Crippen LogP contribution in [0, 0.1) is 0 Å². The number of hydrazone groups is 1. The number of β-lactam (4-membered cyclic amide) rings is 1. The lowest BCUT2D eigenvalue weighted by atomic mass is 9.93. The fourth-order valence-electron chi connectivity index (χ4n) is 5.85. The van der Waals surface area contributed by atoms with Crippen molar-refractivity contribution < 1.29 is 57.5 Å². The Morgan fingerprint density at radius 1 is 1.24 bits per heavy atom. The number of quaternary nitrogens is 1. The van der Waals surface area contributed by atoms with Crippen LogP contribution in [0.15, 0.2) is 33.9 Å². The number of aliphatic carboxylic acids is 1. The van der Waals surface area contributed by atoms with E-state index in [1.54, 1.807) is 32.9 Å². The molecule has 3 fully saturated rings. The lowest BCUT2D eigenvalue weighted by Gasteiger charge is -2.57. The van der Waals surface area contributed by atoms with E-state index < -0.39 is 87.2 Å². The molecule has 0 aromatic carbocycles. The number of hydrogen-bond donors (Lipinski definition) is 5. The van der Waals surface area contributed by atoms with Crippen LogP contribution in [0.1, 0.15) is 33.4 Å². The molecule has 4 atom stereocenters. The van der Waals surface area contributed by atoms with Gasteiger partial charge >= 0.3 is 36.0 Å². The van der Waals surface area contributed by atoms with Crippen molar-refractivity contribution >= 4 is 76.0 Å². The summed E-state index contributed by atoms with van der Waals surface area (Å²) < 4.78 is 14.5. The number of aromatic nitrogens is 1. The first kappa shape index (κ1) is 34.8. The van der Waals surface area contributed by atoms with E-state index in [0.29, 0.717) is 0 Å². The standard InChI is InChI=1S/C28H31N9O11S2/c1-13(38)47-11-14-19(22(41)42)37(34-24(43)35-7-8-36(26(35)45)33-17-6-5-9-46-17)20(40)18-21(37)50-28(14,29-10-16(39)31-18)15-12-49-23(30-15)32-25(44)48-27(2,3)4/h5-6,12,18,21,29H,7-11H2,1-4H3,(H3-,30,31,32,34,39,41,42,43,44)/p+1/t18?,21-,28?,37?/m0/s1. The number of ether oxygens (including phenoxy) is 3. The number of carbonyl (C=O) groups excluding carboxylic acids is 6. The maximum atomic E-state index is 14.1. The van der Waals surface area contributed by atoms with Crippen LogP contribution >= 0.6 is 23.1 Å². The predicted octanol–water partition coefficient (Wildman–Crippen LogP) is 0.325. The summed E-state index contributed by atoms with van der Waals surface area (Å²) >= 11 is 1.91. The number of thioether (sulfide) groups is 1. The fraction of sp³-hybridized carbons (Fsp3) is 0.464. The summed E-state index contributed by atoms with van der Waals surface area (Å²) in [4.78, 5) is 95.5. The monoisotopic (exact) mass is 734 g/mol. The highest BCUT2D eigenvalue weighted by Gasteiger charge is 2.77. The molecule has 0 spiro atoms. The Bertz CT molecular complexity index is 1800. The van der Waals surface area contributed by atoms with Crippen LogP contribution in [0.25, 0.3) is 0 Å². The van der Waals surface area contributed by atoms with E-state index in [4.69, 9.17) is 14.2 Å². The van der Waals surface area contributed by atoms with Gasteiger partial charge in [0.1, 0.15) is 23.7 Å². The third-order valence-corrected chi connectivity index (χ3v) is 10.4. The summed E-state index contributed by atoms with van der Waals surface area (Å²) in [6.45, 7) is 5.05. The second kappa shape index (κ2) is 12.7. The number of carboxylic acid groups (broad SMARTS) is 1. The molecule has 266 valence electrons. The molecule has 0 aliphatic carbocycles. The van der Waals surface area contributed by atoms with Gasteiger partial charge < -0.3 is 24.6 Å². The lowest BCUT2D eigenvalue weighted by Crippen LogP contribution is -2.88. The minimum absolute atomic E-state index is 0.0202. The van der Waals surface area contributed by atoms with Gasteiger partial charge in [0.15, 0.2) is 5.13 Å². The normalized spacial score (nSPS) is 28.0. The van der Waals surface area contributed by atoms with Crippen molar-refractivity contribution in [1.29, 1.82) is 0 Å². The lowest BCUT2D eigenvalue weighted by molar-refractivity contribution is -0.889. The van der Waals surface area contributed by atoms with E-state index in [-0.39, 0.29) is 42.0 Å². The number of nitrogens with zero attached hydrogens (tertiary/aromatic N) is 5. The van der Waals surface area contributed by atoms with Crippen LogP contribution in [0.2, 0.25) is 0 Å². The van der Waals surface area contributed by atoms with Crippen LogP contribution in [0.5, 0.6) is 0 Å². The summed E-state index contributed by atoms with van der Waals surface area (Å²) in [5.41, 5.74) is 0.798. The number of carbonyl (C=O) groups is 7. The largest absolute Gasteiger partial charge is 0.474 e. The molecule has 0 radical (unpaired) electrons. The van der Waals surface area contributed by atoms with Crippen molar-refractivity contribution in [3.63, 3.8) is 0 Å². The molecule has 6 rings (SSSR count). The van der Waals surface area contributed by atoms with Gasteiger partial charge in [-0.15, -0.1) is 21.0 Å². The molecule has 1 aromatic rings. The predicted molar refractivity (Wildman–Crippen MR) is 171 cm³/mol. The van der Waals surface area contributed by atoms with Gasteiger partial charge in [0.25, 0.3) is 5.70 Å². The van der Waals surface area contributed by atoms with Crippen molar-refractivity contribution in [2.75, 3.05) is 38.2 Å². The van der Waals surface area contributed by atoms with E-state index in [1.807, 2.05) is 0 Å². The minimum Gasteiger partial charge on any atom is -0.474 e. The molecule has 50 heavy (non-hydrogen) atoms. The van der Waals surface area contributed by atoms with Gasteiger partial charge in [0, 0.05) is 18.4 Å². The molecule has 3 unspecified atom stereocenters. The molecule has 7 amide bonds. The summed E-state index contributed by atoms with van der Waals surface area (Å²) in [5, 5.41) is 24.3. The van der Waals surface area contributed by atoms with E-state index in [2.05, 4.69) is 31.5 Å². The number of hydrogen-bond acceptors (Lipinski definition) is 15. The number of carboxylic acids is 1. The first-order valence-electron chi connectivity index (χ1n) is 15.1. The molecule has 5 aliphatic rings. The summed E-state index contributed by atoms with van der Waals surface area (Å²) in [7, 11) is 0. The molecular formula is C28H32N9O11S2+. The highest BCUT2D eigenvalue weighted by Crippen LogP contribution is 2.58. The maximum absolute atomic E-state index is 14.1. The molecule has 5 aliphatic heterocycles. The van der Waals surface area contributed by atoms with E-state index in [9.17, 15) is 38.7 Å². The fourth-order valence-corrected chi connectivity index (χ4v) is 8.45. The third-order valence-electron chi connectivity index (χ3n) is 7.86. The second-order valence-corrected chi connectivity index (χ2v) is 14.5. The van der Waals surface area contributed by atoms with Gasteiger partial charge in [-0.1, -0.05) is 11.8 Å². The Balaban J connectivity index is 1.43. The minimum atomic E-state index is -1.74. The highest BCUT2D eigenvalue weighted by molar-refractivity contribution is 8.01. The summed E-state index contributed by atoms with van der Waals surface area (Å²) in [6, 6.07) is -3.27. The first-order chi connectivity index (χ1) is 23.6. The Kier molecular flexibility index (Phi) is 8.82. The zero-order valence-corrected chi connectivity index (χ0v) is 28.6. The topological polar surface area (TPSA) is 247 Å². The maximum Gasteiger partial charge on any atom is 0.413 e. The number of nitrogens with one attached hydrogen (secondary N) is 4. The SMILES string of the molecule is CC(=O)OCC1=C(C(=O)O)[N+]2(NC(=O)N3CCN(N=C4C=CCO4)C3=O)C(=O)C3NC(=O)CNC1(c1csc(NC(=O)OC(C)(C)C)n1)S[C@@H]32. The number of esters is 1. The number of rotatable bonds is 7. The van der Waals surface area contributed by atoms with Crippen molar-refractivity contribution in [3.8, 4) is 0 Å². The van der Waals surface area contributed by atoms with Crippen LogP contribution in [0.3, 0.4) is 0 Å². The van der Waals surface area contributed by atoms with Crippen LogP contribution < -0.4 is 21.4 Å². The number of fused-ring (bicyclic) bond motifs is 1. The molecule has 6 heterocycles. The van der Waals surface area contributed by atoms with E-state index in [0.717, 1.165) is 39.9 Å². The Hall–Kier alpha value is -5.06. The van der Waals surface area contributed by atoms with Gasteiger partial charge in [0.05, 0.1) is 30.9 Å². The smallest absolute Gasteiger partial charge is 0.413 e. The van der Waals surface area contributed by atoms with Crippen molar-refractivity contribution in [2.45, 2.75) is 49.6 Å². The van der Waals surface area contributed by atoms with Gasteiger partial charge in [-0.25, -0.2) is 38.9 Å². The van der Waals surface area contributed by atoms with E-state index >= 15 is 0 Å². The molecule has 0 saturated carbocycles. The number of anilines is 1. The summed E-state index contributed by atoms with van der Waals surface area (Å²) in [5.74, 6) is -3.87. The first-order valence-corrected chi connectivity index (χ1v) is 16.8. The van der Waals surface area contributed by atoms with Crippen molar-refractivity contribution in [3.05, 3.63) is 34.5 Å². The molecular weight excluding hydrogens is 702 g/mol. The average molecular weight is 735 g/mol. The number of imide groups is 1. The Morgan fingerprint density at radius 3 is 2.66 bits per heavy atom. The zero-order valence-electron chi connectivity index (χ0n) is 27.0. The number of amides is 7. The van der Waals surface area contributed by atoms with Crippen LogP contribution in [0.4, 0.5) is 19.5 Å². The third kappa shape index (κ3) is 6.03. The number of thiazole rings is 1. The average Bonchev–Trinajstić information content (AvgIpc) is 3.79.